The number of rotatable bonds is 5. The van der Waals surface area contributed by atoms with Gasteiger partial charge >= 0.3 is 0 Å². The van der Waals surface area contributed by atoms with Gasteiger partial charge in [-0.25, -0.2) is 0 Å². The molecular weight excluding hydrogens is 204 g/mol. The van der Waals surface area contributed by atoms with Crippen molar-refractivity contribution >= 4 is 11.8 Å². The molecule has 0 aromatic rings. The number of nitrogens with zero attached hydrogens (tertiary/aromatic N) is 1. The van der Waals surface area contributed by atoms with E-state index in [-0.39, 0.29) is 0 Å². The van der Waals surface area contributed by atoms with Gasteiger partial charge in [-0.1, -0.05) is 13.8 Å². The van der Waals surface area contributed by atoms with E-state index >= 15 is 0 Å². The Morgan fingerprint density at radius 3 is 2.87 bits per heavy atom. The zero-order valence-electron chi connectivity index (χ0n) is 10.6. The zero-order chi connectivity index (χ0) is 11.3. The molecule has 1 saturated heterocycles. The van der Waals surface area contributed by atoms with Gasteiger partial charge in [-0.3, -0.25) is 0 Å². The normalized spacial score (nSPS) is 30.4. The first-order valence-corrected chi connectivity index (χ1v) is 7.43. The fraction of sp³-hybridized carbons (Fsp3) is 1.00. The third kappa shape index (κ3) is 4.75. The van der Waals surface area contributed by atoms with Crippen LogP contribution in [0.3, 0.4) is 0 Å². The Morgan fingerprint density at radius 1 is 1.53 bits per heavy atom. The molecule has 0 aliphatic carbocycles. The van der Waals surface area contributed by atoms with Crippen molar-refractivity contribution in [2.24, 2.45) is 11.8 Å². The van der Waals surface area contributed by atoms with E-state index < -0.39 is 0 Å². The number of thioether (sulfide) groups is 1. The largest absolute Gasteiger partial charge is 0.313 e. The molecule has 3 unspecified atom stereocenters. The van der Waals surface area contributed by atoms with Gasteiger partial charge < -0.3 is 10.2 Å². The summed E-state index contributed by atoms with van der Waals surface area (Å²) in [6, 6.07) is 0.741. The Morgan fingerprint density at radius 2 is 2.27 bits per heavy atom. The predicted octanol–water partition coefficient (Wildman–Crippen LogP) is 1.92. The van der Waals surface area contributed by atoms with Gasteiger partial charge in [0, 0.05) is 12.6 Å². The Bertz CT molecular complexity index is 175. The van der Waals surface area contributed by atoms with Crippen molar-refractivity contribution in [3.63, 3.8) is 0 Å². The topological polar surface area (TPSA) is 15.3 Å². The molecule has 1 aliphatic rings. The first-order valence-electron chi connectivity index (χ1n) is 6.04. The molecule has 2 nitrogen and oxygen atoms in total. The van der Waals surface area contributed by atoms with Gasteiger partial charge in [0.15, 0.2) is 0 Å². The van der Waals surface area contributed by atoms with Crippen molar-refractivity contribution in [2.75, 3.05) is 38.7 Å². The standard InChI is InChI=1S/C12H26N2S/c1-10(9-15-4)7-13-12-5-6-14(3)8-11(12)2/h10-13H,5-9H2,1-4H3. The van der Waals surface area contributed by atoms with Crippen LogP contribution in [-0.4, -0.2) is 49.6 Å². The van der Waals surface area contributed by atoms with Gasteiger partial charge in [0.1, 0.15) is 0 Å². The summed E-state index contributed by atoms with van der Waals surface area (Å²) in [7, 11) is 2.23. The molecule has 0 bridgehead atoms. The van der Waals surface area contributed by atoms with Gasteiger partial charge in [-0.05, 0) is 50.4 Å². The summed E-state index contributed by atoms with van der Waals surface area (Å²) in [6.07, 6.45) is 3.50. The first kappa shape index (κ1) is 13.3. The van der Waals surface area contributed by atoms with Gasteiger partial charge in [0.25, 0.3) is 0 Å². The van der Waals surface area contributed by atoms with Crippen molar-refractivity contribution in [3.05, 3.63) is 0 Å². The molecule has 0 amide bonds. The van der Waals surface area contributed by atoms with E-state index in [9.17, 15) is 0 Å². The summed E-state index contributed by atoms with van der Waals surface area (Å²) in [4.78, 5) is 2.44. The van der Waals surface area contributed by atoms with Crippen LogP contribution in [-0.2, 0) is 0 Å². The highest BCUT2D eigenvalue weighted by atomic mass is 32.2. The first-order chi connectivity index (χ1) is 7.13. The highest BCUT2D eigenvalue weighted by molar-refractivity contribution is 7.98. The zero-order valence-corrected chi connectivity index (χ0v) is 11.4. The van der Waals surface area contributed by atoms with Crippen LogP contribution in [0.5, 0.6) is 0 Å². The molecule has 3 atom stereocenters. The third-order valence-corrected chi connectivity index (χ3v) is 4.19. The van der Waals surface area contributed by atoms with Crippen LogP contribution in [0.25, 0.3) is 0 Å². The summed E-state index contributed by atoms with van der Waals surface area (Å²) < 4.78 is 0. The molecule has 90 valence electrons. The van der Waals surface area contributed by atoms with Gasteiger partial charge in [0.05, 0.1) is 0 Å². The van der Waals surface area contributed by atoms with E-state index in [2.05, 4.69) is 37.4 Å². The Kier molecular flexibility index (Phi) is 6.02. The molecule has 1 N–H and O–H groups in total. The Hall–Kier alpha value is 0.270. The Labute approximate surface area is 99.2 Å². The average Bonchev–Trinajstić information content (AvgIpc) is 2.17. The second kappa shape index (κ2) is 6.77. The molecule has 1 aliphatic heterocycles. The molecule has 0 saturated carbocycles. The van der Waals surface area contributed by atoms with Crippen LogP contribution in [0.2, 0.25) is 0 Å². The number of hydrogen-bond acceptors (Lipinski definition) is 3. The van der Waals surface area contributed by atoms with Crippen molar-refractivity contribution in [2.45, 2.75) is 26.3 Å². The molecule has 0 aromatic heterocycles. The van der Waals surface area contributed by atoms with Crippen molar-refractivity contribution in [3.8, 4) is 0 Å². The van der Waals surface area contributed by atoms with Crippen molar-refractivity contribution < 1.29 is 0 Å². The highest BCUT2D eigenvalue weighted by Gasteiger charge is 2.23. The molecule has 1 heterocycles. The van der Waals surface area contributed by atoms with Gasteiger partial charge in [-0.2, -0.15) is 11.8 Å². The fourth-order valence-electron chi connectivity index (χ4n) is 2.35. The smallest absolute Gasteiger partial charge is 0.0117 e. The predicted molar refractivity (Wildman–Crippen MR) is 70.6 cm³/mol. The van der Waals surface area contributed by atoms with Crippen LogP contribution in [0.1, 0.15) is 20.3 Å². The summed E-state index contributed by atoms with van der Waals surface area (Å²) >= 11 is 1.95. The van der Waals surface area contributed by atoms with E-state index in [0.717, 1.165) is 17.9 Å². The highest BCUT2D eigenvalue weighted by Crippen LogP contribution is 2.15. The minimum Gasteiger partial charge on any atom is -0.313 e. The average molecular weight is 230 g/mol. The lowest BCUT2D eigenvalue weighted by Gasteiger charge is -2.35. The third-order valence-electron chi connectivity index (χ3n) is 3.29. The van der Waals surface area contributed by atoms with Crippen molar-refractivity contribution in [1.82, 2.24) is 10.2 Å². The lowest BCUT2D eigenvalue weighted by atomic mass is 9.94. The van der Waals surface area contributed by atoms with Crippen LogP contribution in [0.4, 0.5) is 0 Å². The molecule has 1 fully saturated rings. The van der Waals surface area contributed by atoms with E-state index in [1.165, 1.54) is 31.8 Å². The lowest BCUT2D eigenvalue weighted by molar-refractivity contribution is 0.173. The van der Waals surface area contributed by atoms with Gasteiger partial charge in [-0.15, -0.1) is 0 Å². The molecule has 0 spiro atoms. The minimum atomic E-state index is 0.741. The number of likely N-dealkylation sites (tertiary alicyclic amines) is 1. The van der Waals surface area contributed by atoms with Crippen LogP contribution in [0, 0.1) is 11.8 Å². The lowest BCUT2D eigenvalue weighted by Crippen LogP contribution is -2.48. The molecule has 0 radical (unpaired) electrons. The maximum absolute atomic E-state index is 3.74. The maximum Gasteiger partial charge on any atom is 0.0117 e. The van der Waals surface area contributed by atoms with Crippen LogP contribution >= 0.6 is 11.8 Å². The van der Waals surface area contributed by atoms with Gasteiger partial charge in [0.2, 0.25) is 0 Å². The molecule has 3 heteroatoms. The monoisotopic (exact) mass is 230 g/mol. The summed E-state index contributed by atoms with van der Waals surface area (Å²) in [6.45, 7) is 8.38. The summed E-state index contributed by atoms with van der Waals surface area (Å²) in [5.74, 6) is 2.87. The maximum atomic E-state index is 3.74. The SMILES string of the molecule is CSCC(C)CNC1CCN(C)CC1C. The summed E-state index contributed by atoms with van der Waals surface area (Å²) in [5, 5.41) is 3.74. The molecule has 0 aromatic carbocycles. The second-order valence-corrected chi connectivity index (χ2v) is 6.01. The van der Waals surface area contributed by atoms with E-state index in [0.29, 0.717) is 0 Å². The van der Waals surface area contributed by atoms with Crippen LogP contribution < -0.4 is 5.32 Å². The van der Waals surface area contributed by atoms with Crippen molar-refractivity contribution in [1.29, 1.82) is 0 Å². The number of hydrogen-bond donors (Lipinski definition) is 1. The van der Waals surface area contributed by atoms with E-state index in [1.54, 1.807) is 0 Å². The van der Waals surface area contributed by atoms with E-state index in [1.807, 2.05) is 11.8 Å². The quantitative estimate of drug-likeness (QED) is 0.777. The Balaban J connectivity index is 2.20. The second-order valence-electron chi connectivity index (χ2n) is 5.10. The number of nitrogens with one attached hydrogen (secondary N) is 1. The molecular formula is C12H26N2S. The fourth-order valence-corrected chi connectivity index (χ4v) is 3.04. The molecule has 15 heavy (non-hydrogen) atoms. The number of piperidine rings is 1. The molecule has 1 rings (SSSR count). The minimum absolute atomic E-state index is 0.741. The summed E-state index contributed by atoms with van der Waals surface area (Å²) in [5.41, 5.74) is 0. The van der Waals surface area contributed by atoms with Crippen LogP contribution in [0.15, 0.2) is 0 Å². The van der Waals surface area contributed by atoms with E-state index in [4.69, 9.17) is 0 Å².